The molecule has 3 aliphatic rings. The quantitative estimate of drug-likeness (QED) is 0.0351. The summed E-state index contributed by atoms with van der Waals surface area (Å²) in [5.74, 6) is -0.241. The molecule has 2 unspecified atom stereocenters. The van der Waals surface area contributed by atoms with Gasteiger partial charge in [0.15, 0.2) is 36.5 Å². The molecule has 0 radical (unpaired) electrons. The number of nitrogens with zero attached hydrogens (tertiary/aromatic N) is 11. The van der Waals surface area contributed by atoms with Crippen molar-refractivity contribution in [2.75, 3.05) is 26.4 Å². The van der Waals surface area contributed by atoms with Crippen molar-refractivity contribution in [2.45, 2.75) is 95.3 Å². The second-order valence-electron chi connectivity index (χ2n) is 18.3. The van der Waals surface area contributed by atoms with E-state index in [9.17, 15) is 25.1 Å². The van der Waals surface area contributed by atoms with Crippen molar-refractivity contribution in [3.05, 3.63) is 86.8 Å². The summed E-state index contributed by atoms with van der Waals surface area (Å²) in [6.45, 7) is 2.60. The maximum absolute atomic E-state index is 14.1. The highest BCUT2D eigenvalue weighted by Crippen LogP contribution is 2.58. The third-order valence-corrected chi connectivity index (χ3v) is 21.8. The Hall–Kier alpha value is -3.96. The van der Waals surface area contributed by atoms with Gasteiger partial charge in [0.2, 0.25) is 5.78 Å². The van der Waals surface area contributed by atoms with E-state index in [-0.39, 0.29) is 77.8 Å². The van der Waals surface area contributed by atoms with Crippen molar-refractivity contribution in [1.82, 2.24) is 43.0 Å². The molecule has 0 spiro atoms. The number of hydrogen-bond acceptors (Lipinski definition) is 18. The van der Waals surface area contributed by atoms with E-state index in [1.54, 1.807) is 40.0 Å². The fourth-order valence-electron chi connectivity index (χ4n) is 8.38. The molecule has 362 valence electrons. The van der Waals surface area contributed by atoms with Crippen LogP contribution in [0.4, 0.5) is 5.69 Å². The van der Waals surface area contributed by atoms with Gasteiger partial charge in [-0.05, 0) is 66.1 Å². The second-order valence-corrected chi connectivity index (χ2v) is 29.2. The number of nitro groups is 1. The largest absolute Gasteiger partial charge is 0.408 e. The topological polar surface area (TPSA) is 252 Å². The molecule has 0 amide bonds. The van der Waals surface area contributed by atoms with Crippen LogP contribution in [0.15, 0.2) is 60.4 Å². The van der Waals surface area contributed by atoms with Crippen molar-refractivity contribution in [3.8, 4) is 6.07 Å². The van der Waals surface area contributed by atoms with Crippen molar-refractivity contribution in [1.29, 1.82) is 5.26 Å². The predicted octanol–water partition coefficient (Wildman–Crippen LogP) is 6.78. The Balaban J connectivity index is 1.10. The summed E-state index contributed by atoms with van der Waals surface area (Å²) in [5.41, 5.74) is 1.54. The van der Waals surface area contributed by atoms with Crippen LogP contribution in [0.2, 0.25) is 23.3 Å². The minimum atomic E-state index is -3.95. The van der Waals surface area contributed by atoms with Gasteiger partial charge >= 0.3 is 13.4 Å². The smallest absolute Gasteiger partial charge is 0.327 e. The Bertz CT molecular complexity index is 3090. The first kappa shape index (κ1) is 49.0. The molecule has 2 aliphatic heterocycles. The van der Waals surface area contributed by atoms with Crippen LogP contribution in [-0.4, -0.2) is 106 Å². The molecule has 1 saturated carbocycles. The second kappa shape index (κ2) is 19.0. The molecule has 7 heterocycles. The number of halogens is 1. The summed E-state index contributed by atoms with van der Waals surface area (Å²) in [4.78, 5) is 58.9. The van der Waals surface area contributed by atoms with Crippen LogP contribution in [0.5, 0.6) is 0 Å². The van der Waals surface area contributed by atoms with E-state index in [2.05, 4.69) is 59.9 Å². The minimum Gasteiger partial charge on any atom is -0.408 e. The van der Waals surface area contributed by atoms with E-state index in [1.165, 1.54) is 29.2 Å². The molecule has 68 heavy (non-hydrogen) atoms. The van der Waals surface area contributed by atoms with Gasteiger partial charge in [-0.1, -0.05) is 44.5 Å². The van der Waals surface area contributed by atoms with Crippen molar-refractivity contribution in [2.24, 2.45) is 11.8 Å². The fourth-order valence-corrected chi connectivity index (χ4v) is 13.1. The van der Waals surface area contributed by atoms with E-state index in [1.807, 2.05) is 4.57 Å². The zero-order valence-electron chi connectivity index (χ0n) is 37.4. The Morgan fingerprint density at radius 2 is 1.76 bits per heavy atom. The highest BCUT2D eigenvalue weighted by Gasteiger charge is 2.55. The van der Waals surface area contributed by atoms with Crippen molar-refractivity contribution < 1.29 is 41.6 Å². The first-order valence-corrected chi connectivity index (χ1v) is 30.1. The van der Waals surface area contributed by atoms with Gasteiger partial charge in [0.25, 0.3) is 11.2 Å². The van der Waals surface area contributed by atoms with Gasteiger partial charge in [-0.2, -0.15) is 10.2 Å². The molecule has 22 nitrogen and oxygen atoms in total. The predicted molar refractivity (Wildman–Crippen MR) is 256 cm³/mol. The highest BCUT2D eigenvalue weighted by molar-refractivity contribution is 8.07. The number of non-ortho nitro benzene ring substituents is 1. The molecule has 2 bridgehead atoms. The number of rotatable bonds is 11. The molecular weight excluding hydrogens is 1000 g/mol. The monoisotopic (exact) mass is 1050 g/mol. The minimum absolute atomic E-state index is 0.00284. The Labute approximate surface area is 405 Å². The average molecular weight is 1050 g/mol. The van der Waals surface area contributed by atoms with E-state index in [0.29, 0.717) is 36.3 Å². The van der Waals surface area contributed by atoms with Gasteiger partial charge < -0.3 is 41.3 Å². The fraction of sp³-hybridized carbons (Fsp3) is 0.525. The number of nitriles is 1. The van der Waals surface area contributed by atoms with Crippen molar-refractivity contribution in [3.63, 3.8) is 0 Å². The molecule has 9 rings (SSSR count). The number of imidazole rings is 3. The van der Waals surface area contributed by atoms with E-state index in [0.717, 1.165) is 5.56 Å². The molecule has 28 heteroatoms. The van der Waals surface area contributed by atoms with Crippen LogP contribution < -0.4 is 5.56 Å². The molecule has 9 atom stereocenters. The van der Waals surface area contributed by atoms with E-state index < -0.39 is 56.8 Å². The molecule has 5 aromatic heterocycles. The molecule has 1 aromatic carbocycles. The molecule has 1 aliphatic carbocycles. The zero-order chi connectivity index (χ0) is 48.3. The number of benzene rings is 1. The lowest BCUT2D eigenvalue weighted by Gasteiger charge is -2.46. The Morgan fingerprint density at radius 3 is 2.50 bits per heavy atom. The standard InChI is InChI=1S/C40H48ClN11O11P2S2Si/c1-40(2,3)68(4,5)63-32-29-20-59-64(56,66)58-19-27-25(17-28(27)50-22-45-30-34(41)43-21-44-35(30)50)18-60-65(67,57-16-6-12-42)62-33(32)38(61-29)51-23-46-31-36(51)47-39-48(14-15-49(39)37(31)53)13-11-24-7-9-26(10-8-24)52(54)55/h7-10,14-15,21-23,25,27-29,32-33,38H,6,11,13,16-20H2,1-5H3,(H,56,66)/t25-,27-,28-,29-,32-,33-,38-,64?,65?/m1/s1. The SMILES string of the molecule is CC(C)(C)[Si](C)(C)O[C@H]1[C@H]2OP(=S)(OCCC#N)OC[C@H]3C[C@@H](n4cnc5c(Cl)ncnc54)[C@@H]3COP(O)(=S)OC[C@H]1O[C@H]2n1cnc2c(=O)n3ccn(CCc4ccc([N+](=O)[O-])cc4)c3nc21. The summed E-state index contributed by atoms with van der Waals surface area (Å²) in [6.07, 6.45) is 4.54. The van der Waals surface area contributed by atoms with Gasteiger partial charge in [0.1, 0.15) is 30.2 Å². The van der Waals surface area contributed by atoms with Crippen molar-refractivity contribution >= 4 is 90.8 Å². The lowest BCUT2D eigenvalue weighted by molar-refractivity contribution is -0.384. The third kappa shape index (κ3) is 9.62. The van der Waals surface area contributed by atoms with Gasteiger partial charge in [0, 0.05) is 43.0 Å². The van der Waals surface area contributed by atoms with Gasteiger partial charge in [0.05, 0.1) is 56.5 Å². The van der Waals surface area contributed by atoms with Crippen LogP contribution in [0.1, 0.15) is 51.4 Å². The van der Waals surface area contributed by atoms with E-state index >= 15 is 0 Å². The summed E-state index contributed by atoms with van der Waals surface area (Å²) < 4.78 is 52.7. The maximum Gasteiger partial charge on any atom is 0.327 e. The number of hydrogen-bond donors (Lipinski definition) is 1. The summed E-state index contributed by atoms with van der Waals surface area (Å²) >= 11 is 18.2. The average Bonchev–Trinajstić information content (AvgIpc) is 4.07. The zero-order valence-corrected chi connectivity index (χ0v) is 42.6. The van der Waals surface area contributed by atoms with Gasteiger partial charge in [-0.3, -0.25) is 24.0 Å². The lowest BCUT2D eigenvalue weighted by Crippen LogP contribution is -2.50. The Kier molecular flexibility index (Phi) is 13.7. The van der Waals surface area contributed by atoms with Gasteiger partial charge in [-0.15, -0.1) is 0 Å². The number of aromatic nitrogens is 9. The highest BCUT2D eigenvalue weighted by atomic mass is 35.5. The van der Waals surface area contributed by atoms with Crippen LogP contribution in [0, 0.1) is 33.3 Å². The molecule has 2 saturated heterocycles. The molecule has 3 fully saturated rings. The normalized spacial score (nSPS) is 28.3. The Morgan fingerprint density at radius 1 is 1.03 bits per heavy atom. The molecule has 1 N–H and O–H groups in total. The van der Waals surface area contributed by atoms with Gasteiger partial charge in [-0.25, -0.2) is 24.3 Å². The number of ether oxygens (including phenoxy) is 1. The maximum atomic E-state index is 14.1. The van der Waals surface area contributed by atoms with Crippen LogP contribution >= 0.6 is 25.0 Å². The first-order valence-electron chi connectivity index (χ1n) is 21.7. The molecular formula is C40H48ClN11O11P2S2Si. The lowest BCUT2D eigenvalue weighted by atomic mass is 9.70. The number of nitro benzene ring substituents is 1. The first-order chi connectivity index (χ1) is 32.3. The summed E-state index contributed by atoms with van der Waals surface area (Å²) in [5, 5.41) is 20.7. The molecule has 6 aromatic rings. The summed E-state index contributed by atoms with van der Waals surface area (Å²) in [7, 11) is -2.71. The van der Waals surface area contributed by atoms with Crippen LogP contribution in [0.3, 0.4) is 0 Å². The third-order valence-electron chi connectivity index (χ3n) is 13.2. The van der Waals surface area contributed by atoms with Crippen LogP contribution in [-0.2, 0) is 68.4 Å². The number of aryl methyl sites for hydroxylation is 2. The van der Waals surface area contributed by atoms with Crippen LogP contribution in [0.25, 0.3) is 28.1 Å². The number of fused-ring (bicyclic) bond motifs is 6. The van der Waals surface area contributed by atoms with E-state index in [4.69, 9.17) is 72.0 Å². The summed E-state index contributed by atoms with van der Waals surface area (Å²) in [6, 6.07) is 8.13.